The van der Waals surface area contributed by atoms with E-state index >= 15 is 0 Å². The first-order valence-electron chi connectivity index (χ1n) is 6.46. The standard InChI is InChI=1S/C12H26O4SSi/c1-11(2,3)10(16-18(5)6)12(7-8-12)9-15-17(4,13)14/h10,18H,7-9H2,1-6H3. The topological polar surface area (TPSA) is 52.6 Å². The SMILES string of the molecule is C[SiH](C)OC(C(C)(C)C)C1(COS(C)(=O)=O)CC1. The molecule has 1 fully saturated rings. The predicted molar refractivity (Wildman–Crippen MR) is 75.7 cm³/mol. The number of hydrogen-bond donors (Lipinski definition) is 0. The third-order valence-electron chi connectivity index (χ3n) is 3.20. The summed E-state index contributed by atoms with van der Waals surface area (Å²) < 4.78 is 33.5. The highest BCUT2D eigenvalue weighted by Gasteiger charge is 2.54. The maximum atomic E-state index is 11.1. The average Bonchev–Trinajstić information content (AvgIpc) is 2.89. The van der Waals surface area contributed by atoms with E-state index < -0.39 is 19.2 Å². The summed E-state index contributed by atoms with van der Waals surface area (Å²) in [6.07, 6.45) is 3.17. The van der Waals surface area contributed by atoms with E-state index in [1.165, 1.54) is 0 Å². The van der Waals surface area contributed by atoms with Gasteiger partial charge in [0.25, 0.3) is 10.1 Å². The highest BCUT2D eigenvalue weighted by molar-refractivity contribution is 7.85. The van der Waals surface area contributed by atoms with Gasteiger partial charge in [0.15, 0.2) is 9.04 Å². The Morgan fingerprint density at radius 2 is 1.78 bits per heavy atom. The first kappa shape index (κ1) is 16.1. The molecule has 1 rings (SSSR count). The van der Waals surface area contributed by atoms with Crippen LogP contribution < -0.4 is 0 Å². The molecule has 0 N–H and O–H groups in total. The molecule has 0 heterocycles. The highest BCUT2D eigenvalue weighted by Crippen LogP contribution is 2.55. The van der Waals surface area contributed by atoms with E-state index in [0.717, 1.165) is 19.1 Å². The van der Waals surface area contributed by atoms with Gasteiger partial charge in [0.1, 0.15) is 0 Å². The Morgan fingerprint density at radius 1 is 1.28 bits per heavy atom. The van der Waals surface area contributed by atoms with Crippen LogP contribution in [0, 0.1) is 10.8 Å². The van der Waals surface area contributed by atoms with Gasteiger partial charge in [-0.3, -0.25) is 4.18 Å². The van der Waals surface area contributed by atoms with Gasteiger partial charge in [-0.1, -0.05) is 20.8 Å². The molecule has 18 heavy (non-hydrogen) atoms. The molecule has 1 unspecified atom stereocenters. The number of hydrogen-bond acceptors (Lipinski definition) is 4. The molecule has 1 atom stereocenters. The van der Waals surface area contributed by atoms with Crippen LogP contribution in [0.5, 0.6) is 0 Å². The van der Waals surface area contributed by atoms with Crippen LogP contribution in [-0.4, -0.2) is 36.4 Å². The van der Waals surface area contributed by atoms with E-state index in [9.17, 15) is 8.42 Å². The summed E-state index contributed by atoms with van der Waals surface area (Å²) in [7, 11) is -4.53. The molecule has 0 aliphatic heterocycles. The van der Waals surface area contributed by atoms with Crippen molar-refractivity contribution in [2.75, 3.05) is 12.9 Å². The minimum atomic E-state index is -3.37. The van der Waals surface area contributed by atoms with Crippen molar-refractivity contribution < 1.29 is 17.0 Å². The maximum absolute atomic E-state index is 11.1. The molecule has 0 aromatic heterocycles. The monoisotopic (exact) mass is 294 g/mol. The van der Waals surface area contributed by atoms with Crippen molar-refractivity contribution in [1.82, 2.24) is 0 Å². The van der Waals surface area contributed by atoms with E-state index in [1.54, 1.807) is 0 Å². The van der Waals surface area contributed by atoms with Crippen molar-refractivity contribution >= 4 is 19.2 Å². The molecule has 4 nitrogen and oxygen atoms in total. The fraction of sp³-hybridized carbons (Fsp3) is 1.00. The summed E-state index contributed by atoms with van der Waals surface area (Å²) in [4.78, 5) is 0. The molecule has 0 radical (unpaired) electrons. The fourth-order valence-electron chi connectivity index (χ4n) is 2.41. The van der Waals surface area contributed by atoms with Crippen molar-refractivity contribution in [3.8, 4) is 0 Å². The van der Waals surface area contributed by atoms with Gasteiger partial charge in [-0.05, 0) is 31.4 Å². The molecule has 1 aliphatic rings. The van der Waals surface area contributed by atoms with Crippen LogP contribution in [0.2, 0.25) is 13.1 Å². The van der Waals surface area contributed by atoms with Crippen molar-refractivity contribution in [3.05, 3.63) is 0 Å². The molecular weight excluding hydrogens is 268 g/mol. The van der Waals surface area contributed by atoms with Crippen LogP contribution >= 0.6 is 0 Å². The lowest BCUT2D eigenvalue weighted by Crippen LogP contribution is -2.43. The molecule has 6 heteroatoms. The second-order valence-electron chi connectivity index (χ2n) is 6.76. The van der Waals surface area contributed by atoms with Crippen LogP contribution in [-0.2, 0) is 18.7 Å². The quantitative estimate of drug-likeness (QED) is 0.556. The molecule has 0 saturated heterocycles. The minimum absolute atomic E-state index is 0.00856. The zero-order chi connectivity index (χ0) is 14.2. The molecule has 0 bridgehead atoms. The van der Waals surface area contributed by atoms with Gasteiger partial charge in [-0.15, -0.1) is 0 Å². The normalized spacial score (nSPS) is 21.1. The predicted octanol–water partition coefficient (Wildman–Crippen LogP) is 2.16. The van der Waals surface area contributed by atoms with Gasteiger partial charge in [0.2, 0.25) is 0 Å². The Morgan fingerprint density at radius 3 is 2.06 bits per heavy atom. The molecule has 108 valence electrons. The van der Waals surface area contributed by atoms with Crippen LogP contribution in [0.1, 0.15) is 33.6 Å². The van der Waals surface area contributed by atoms with E-state index in [1.807, 2.05) is 0 Å². The Bertz CT molecular complexity index is 379. The maximum Gasteiger partial charge on any atom is 0.264 e. The van der Waals surface area contributed by atoms with E-state index in [2.05, 4.69) is 33.9 Å². The Hall–Kier alpha value is 0.0869. The van der Waals surface area contributed by atoms with Crippen molar-refractivity contribution in [2.45, 2.75) is 52.8 Å². The lowest BCUT2D eigenvalue weighted by atomic mass is 9.79. The van der Waals surface area contributed by atoms with Crippen molar-refractivity contribution in [3.63, 3.8) is 0 Å². The molecular formula is C12H26O4SSi. The Balaban J connectivity index is 2.79. The second kappa shape index (κ2) is 5.23. The molecule has 0 aromatic rings. The first-order chi connectivity index (χ1) is 7.96. The van der Waals surface area contributed by atoms with Gasteiger partial charge >= 0.3 is 0 Å². The van der Waals surface area contributed by atoms with Crippen LogP contribution in [0.25, 0.3) is 0 Å². The molecule has 1 saturated carbocycles. The first-order valence-corrected chi connectivity index (χ1v) is 11.1. The van der Waals surface area contributed by atoms with Gasteiger partial charge in [0.05, 0.1) is 19.0 Å². The van der Waals surface area contributed by atoms with Crippen molar-refractivity contribution in [1.29, 1.82) is 0 Å². The third-order valence-corrected chi connectivity index (χ3v) is 4.57. The van der Waals surface area contributed by atoms with Gasteiger partial charge in [-0.2, -0.15) is 8.42 Å². The summed E-state index contributed by atoms with van der Waals surface area (Å²) in [5, 5.41) is 0. The molecule has 1 aliphatic carbocycles. The fourth-order valence-corrected chi connectivity index (χ4v) is 4.10. The highest BCUT2D eigenvalue weighted by atomic mass is 32.2. The van der Waals surface area contributed by atoms with Crippen LogP contribution in [0.4, 0.5) is 0 Å². The van der Waals surface area contributed by atoms with Crippen LogP contribution in [0.15, 0.2) is 0 Å². The minimum Gasteiger partial charge on any atom is -0.417 e. The summed E-state index contributed by atoms with van der Waals surface area (Å²) in [6, 6.07) is 0. The number of rotatable bonds is 6. The summed E-state index contributed by atoms with van der Waals surface area (Å²) in [5.41, 5.74) is -0.0900. The molecule has 0 aromatic carbocycles. The lowest BCUT2D eigenvalue weighted by molar-refractivity contribution is 0.000342. The largest absolute Gasteiger partial charge is 0.417 e. The van der Waals surface area contributed by atoms with E-state index in [4.69, 9.17) is 8.61 Å². The lowest BCUT2D eigenvalue weighted by Gasteiger charge is -2.38. The Kier molecular flexibility index (Phi) is 4.69. The zero-order valence-electron chi connectivity index (χ0n) is 12.3. The smallest absolute Gasteiger partial charge is 0.264 e. The second-order valence-corrected chi connectivity index (χ2v) is 10.8. The summed E-state index contributed by atoms with van der Waals surface area (Å²) >= 11 is 0. The zero-order valence-corrected chi connectivity index (χ0v) is 14.3. The van der Waals surface area contributed by atoms with Gasteiger partial charge in [0, 0.05) is 5.41 Å². The van der Waals surface area contributed by atoms with Gasteiger partial charge < -0.3 is 4.43 Å². The summed E-state index contributed by atoms with van der Waals surface area (Å²) in [5.74, 6) is 0. The summed E-state index contributed by atoms with van der Waals surface area (Å²) in [6.45, 7) is 11.0. The molecule has 0 amide bonds. The van der Waals surface area contributed by atoms with Gasteiger partial charge in [-0.25, -0.2) is 0 Å². The van der Waals surface area contributed by atoms with E-state index in [0.29, 0.717) is 0 Å². The van der Waals surface area contributed by atoms with Crippen LogP contribution in [0.3, 0.4) is 0 Å². The average molecular weight is 294 g/mol. The van der Waals surface area contributed by atoms with E-state index in [-0.39, 0.29) is 23.5 Å². The molecule has 0 spiro atoms. The third kappa shape index (κ3) is 4.64. The van der Waals surface area contributed by atoms with Crippen molar-refractivity contribution in [2.24, 2.45) is 10.8 Å². The Labute approximate surface area is 113 Å².